The van der Waals surface area contributed by atoms with Gasteiger partial charge < -0.3 is 14.2 Å². The molecule has 1 heterocycles. The van der Waals surface area contributed by atoms with Crippen LogP contribution in [0.2, 0.25) is 0 Å². The zero-order valence-corrected chi connectivity index (χ0v) is 16.9. The molecule has 144 valence electrons. The van der Waals surface area contributed by atoms with Gasteiger partial charge in [0.1, 0.15) is 17.1 Å². The molecular formula is C21H26N2O4. The summed E-state index contributed by atoms with van der Waals surface area (Å²) in [7, 11) is 2.81. The van der Waals surface area contributed by atoms with Gasteiger partial charge in [-0.2, -0.15) is 9.97 Å². The summed E-state index contributed by atoms with van der Waals surface area (Å²) < 4.78 is 16.4. The molecule has 0 amide bonds. The molecule has 0 saturated heterocycles. The van der Waals surface area contributed by atoms with E-state index in [1.807, 2.05) is 19.1 Å². The number of nitrogens with zero attached hydrogens (tertiary/aromatic N) is 2. The van der Waals surface area contributed by atoms with Crippen LogP contribution in [0, 0.1) is 13.8 Å². The lowest BCUT2D eigenvalue weighted by molar-refractivity contribution is -0.133. The molecular weight excluding hydrogens is 344 g/mol. The maximum Gasteiger partial charge on any atom is 0.338 e. The van der Waals surface area contributed by atoms with Crippen LogP contribution >= 0.6 is 0 Å². The number of carbonyl (C=O) groups is 1. The largest absolute Gasteiger partial charge is 0.480 e. The van der Waals surface area contributed by atoms with Crippen molar-refractivity contribution in [3.63, 3.8) is 0 Å². The fraction of sp³-hybridized carbons (Fsp3) is 0.381. The Morgan fingerprint density at radius 1 is 1.07 bits per heavy atom. The van der Waals surface area contributed by atoms with E-state index < -0.39 is 5.97 Å². The number of benzene rings is 1. The molecule has 27 heavy (non-hydrogen) atoms. The quantitative estimate of drug-likeness (QED) is 0.547. The van der Waals surface area contributed by atoms with Gasteiger partial charge in [-0.3, -0.25) is 0 Å². The Morgan fingerprint density at radius 2 is 1.74 bits per heavy atom. The summed E-state index contributed by atoms with van der Waals surface area (Å²) >= 11 is 0. The minimum atomic E-state index is -0.514. The molecule has 2 rings (SSSR count). The lowest BCUT2D eigenvalue weighted by atomic mass is 10.0. The topological polar surface area (TPSA) is 70.5 Å². The number of hydrogen-bond donors (Lipinski definition) is 0. The first-order valence-electron chi connectivity index (χ1n) is 8.77. The molecule has 0 unspecified atom stereocenters. The van der Waals surface area contributed by atoms with Crippen molar-refractivity contribution in [1.82, 2.24) is 9.97 Å². The molecule has 0 radical (unpaired) electrons. The summed E-state index contributed by atoms with van der Waals surface area (Å²) in [6, 6.07) is 6.02. The van der Waals surface area contributed by atoms with Gasteiger partial charge in [-0.25, -0.2) is 4.79 Å². The Labute approximate surface area is 160 Å². The van der Waals surface area contributed by atoms with E-state index in [0.717, 1.165) is 11.1 Å². The molecule has 6 heteroatoms. The second-order valence-corrected chi connectivity index (χ2v) is 6.49. The van der Waals surface area contributed by atoms with Crippen LogP contribution in [0.1, 0.15) is 49.2 Å². The Kier molecular flexibility index (Phi) is 6.55. The third-order valence-electron chi connectivity index (χ3n) is 4.07. The number of allylic oxidation sites excluding steroid dienone is 1. The zero-order valence-electron chi connectivity index (χ0n) is 16.9. The average molecular weight is 370 g/mol. The second-order valence-electron chi connectivity index (χ2n) is 6.49. The van der Waals surface area contributed by atoms with E-state index >= 15 is 0 Å². The summed E-state index contributed by atoms with van der Waals surface area (Å²) in [5.41, 5.74) is 2.88. The average Bonchev–Trinajstić information content (AvgIpc) is 2.62. The van der Waals surface area contributed by atoms with E-state index in [9.17, 15) is 4.79 Å². The monoisotopic (exact) mass is 370 g/mol. The van der Waals surface area contributed by atoms with Crippen LogP contribution in [-0.2, 0) is 9.53 Å². The summed E-state index contributed by atoms with van der Waals surface area (Å²) in [5.74, 6) is 1.46. The molecule has 0 aliphatic carbocycles. The van der Waals surface area contributed by atoms with E-state index in [4.69, 9.17) is 14.2 Å². The predicted molar refractivity (Wildman–Crippen MR) is 104 cm³/mol. The number of rotatable bonds is 6. The van der Waals surface area contributed by atoms with Crippen LogP contribution in [0.3, 0.4) is 0 Å². The molecule has 0 spiro atoms. The Balaban J connectivity index is 2.63. The van der Waals surface area contributed by atoms with Gasteiger partial charge >= 0.3 is 5.97 Å². The number of hydrogen-bond acceptors (Lipinski definition) is 6. The first-order valence-corrected chi connectivity index (χ1v) is 8.77. The van der Waals surface area contributed by atoms with Crippen molar-refractivity contribution in [2.75, 3.05) is 14.2 Å². The molecule has 1 aromatic carbocycles. The summed E-state index contributed by atoms with van der Waals surface area (Å²) in [4.78, 5) is 20.9. The molecule has 1 aromatic heterocycles. The number of aromatic nitrogens is 2. The molecule has 2 aromatic rings. The zero-order chi connectivity index (χ0) is 20.1. The number of carbonyl (C=O) groups excluding carboxylic acids is 1. The Morgan fingerprint density at radius 3 is 2.30 bits per heavy atom. The highest BCUT2D eigenvalue weighted by atomic mass is 16.5. The first kappa shape index (κ1) is 20.4. The van der Waals surface area contributed by atoms with Gasteiger partial charge in [0.2, 0.25) is 11.8 Å². The maximum atomic E-state index is 12.2. The lowest BCUT2D eigenvalue weighted by Gasteiger charge is -2.16. The van der Waals surface area contributed by atoms with Crippen molar-refractivity contribution in [3.05, 3.63) is 46.8 Å². The third kappa shape index (κ3) is 4.64. The summed E-state index contributed by atoms with van der Waals surface area (Å²) in [5, 5.41) is 0. The van der Waals surface area contributed by atoms with Gasteiger partial charge in [-0.1, -0.05) is 26.0 Å². The van der Waals surface area contributed by atoms with Crippen LogP contribution in [0.5, 0.6) is 17.5 Å². The van der Waals surface area contributed by atoms with Crippen molar-refractivity contribution in [2.45, 2.75) is 40.5 Å². The van der Waals surface area contributed by atoms with Crippen molar-refractivity contribution < 1.29 is 19.0 Å². The van der Waals surface area contributed by atoms with Crippen molar-refractivity contribution in [3.8, 4) is 17.5 Å². The van der Waals surface area contributed by atoms with Gasteiger partial charge in [0, 0.05) is 0 Å². The fourth-order valence-electron chi connectivity index (χ4n) is 2.73. The van der Waals surface area contributed by atoms with Crippen molar-refractivity contribution >= 4 is 11.5 Å². The number of ether oxygens (including phenoxy) is 3. The molecule has 0 aliphatic heterocycles. The van der Waals surface area contributed by atoms with E-state index in [0.29, 0.717) is 23.1 Å². The number of methoxy groups -OCH3 is 2. The van der Waals surface area contributed by atoms with Gasteiger partial charge in [0.05, 0.1) is 19.8 Å². The summed E-state index contributed by atoms with van der Waals surface area (Å²) in [6.45, 7) is 9.73. The van der Waals surface area contributed by atoms with Gasteiger partial charge in [-0.15, -0.1) is 0 Å². The normalized spacial score (nSPS) is 11.5. The van der Waals surface area contributed by atoms with Crippen LogP contribution in [0.15, 0.2) is 24.3 Å². The van der Waals surface area contributed by atoms with Crippen LogP contribution in [0.4, 0.5) is 0 Å². The molecule has 0 fully saturated rings. The van der Waals surface area contributed by atoms with Crippen LogP contribution in [-0.4, -0.2) is 30.2 Å². The minimum absolute atomic E-state index is 0.248. The highest BCUT2D eigenvalue weighted by Crippen LogP contribution is 2.36. The number of aryl methyl sites for hydroxylation is 2. The molecule has 0 N–H and O–H groups in total. The molecule has 0 bridgehead atoms. The highest BCUT2D eigenvalue weighted by molar-refractivity contribution is 6.17. The van der Waals surface area contributed by atoms with Crippen molar-refractivity contribution in [1.29, 1.82) is 0 Å². The third-order valence-corrected chi connectivity index (χ3v) is 4.07. The number of esters is 1. The predicted octanol–water partition coefficient (Wildman–Crippen LogP) is 4.59. The second kappa shape index (κ2) is 8.66. The summed E-state index contributed by atoms with van der Waals surface area (Å²) in [6.07, 6.45) is 1.63. The van der Waals surface area contributed by atoms with Gasteiger partial charge in [0.15, 0.2) is 0 Å². The van der Waals surface area contributed by atoms with Gasteiger partial charge in [0.25, 0.3) is 0 Å². The van der Waals surface area contributed by atoms with Crippen LogP contribution < -0.4 is 9.47 Å². The van der Waals surface area contributed by atoms with E-state index in [-0.39, 0.29) is 17.3 Å². The molecule has 6 nitrogen and oxygen atoms in total. The van der Waals surface area contributed by atoms with E-state index in [1.54, 1.807) is 19.9 Å². The SMILES string of the molecule is CC=C(C(=O)OC)c1c(OC)nc(C)nc1Oc1cc(C)cc(C(C)C)c1. The van der Waals surface area contributed by atoms with Crippen LogP contribution in [0.25, 0.3) is 5.57 Å². The molecule has 0 saturated carbocycles. The van der Waals surface area contributed by atoms with Gasteiger partial charge in [-0.05, 0) is 49.9 Å². The standard InChI is InChI=1S/C21H26N2O4/c1-8-17(21(24)26-7)18-19(25-6)22-14(5)23-20(18)27-16-10-13(4)9-15(11-16)12(2)3/h8-12H,1-7H3. The van der Waals surface area contributed by atoms with Crippen molar-refractivity contribution in [2.24, 2.45) is 0 Å². The maximum absolute atomic E-state index is 12.2. The smallest absolute Gasteiger partial charge is 0.338 e. The molecule has 0 atom stereocenters. The highest BCUT2D eigenvalue weighted by Gasteiger charge is 2.25. The minimum Gasteiger partial charge on any atom is -0.480 e. The Bertz CT molecular complexity index is 873. The van der Waals surface area contributed by atoms with E-state index in [1.165, 1.54) is 14.2 Å². The lowest BCUT2D eigenvalue weighted by Crippen LogP contribution is -2.10. The fourth-order valence-corrected chi connectivity index (χ4v) is 2.73. The first-order chi connectivity index (χ1) is 12.8. The molecule has 0 aliphatic rings. The Hall–Kier alpha value is -2.89. The van der Waals surface area contributed by atoms with E-state index in [2.05, 4.69) is 29.9 Å².